The standard InChI is InChI=1S/C19H34O6/c1-8-23-13-11-24-17(25-14(20)10-18(2,3)4)15-16(22-7)12(21-6)9-19(13,15)5/h12-13,15-17H,8-11H2,1-7H3. The maximum absolute atomic E-state index is 12.4. The van der Waals surface area contributed by atoms with E-state index in [-0.39, 0.29) is 41.0 Å². The average Bonchev–Trinajstić information content (AvgIpc) is 2.81. The van der Waals surface area contributed by atoms with Crippen LogP contribution in [0.1, 0.15) is 47.5 Å². The van der Waals surface area contributed by atoms with Gasteiger partial charge in [0.1, 0.15) is 0 Å². The molecule has 1 aliphatic carbocycles. The summed E-state index contributed by atoms with van der Waals surface area (Å²) in [4.78, 5) is 12.4. The van der Waals surface area contributed by atoms with Crippen molar-refractivity contribution in [2.75, 3.05) is 27.4 Å². The normalized spacial score (nSPS) is 38.4. The Kier molecular flexibility index (Phi) is 6.52. The van der Waals surface area contributed by atoms with Gasteiger partial charge in [-0.2, -0.15) is 0 Å². The smallest absolute Gasteiger partial charge is 0.308 e. The Labute approximate surface area is 151 Å². The third-order valence-corrected chi connectivity index (χ3v) is 5.43. The van der Waals surface area contributed by atoms with Crippen molar-refractivity contribution in [3.63, 3.8) is 0 Å². The summed E-state index contributed by atoms with van der Waals surface area (Å²) in [5.41, 5.74) is -0.364. The third-order valence-electron chi connectivity index (χ3n) is 5.43. The second-order valence-electron chi connectivity index (χ2n) is 8.58. The number of methoxy groups -OCH3 is 2. The first-order valence-corrected chi connectivity index (χ1v) is 9.14. The summed E-state index contributed by atoms with van der Waals surface area (Å²) in [5.74, 6) is -0.373. The first kappa shape index (κ1) is 20.6. The van der Waals surface area contributed by atoms with E-state index >= 15 is 0 Å². The summed E-state index contributed by atoms with van der Waals surface area (Å²) < 4.78 is 29.0. The predicted molar refractivity (Wildman–Crippen MR) is 93.1 cm³/mol. The minimum absolute atomic E-state index is 0.0714. The van der Waals surface area contributed by atoms with Crippen LogP contribution in [0.3, 0.4) is 0 Å². The van der Waals surface area contributed by atoms with Gasteiger partial charge < -0.3 is 23.7 Å². The highest BCUT2D eigenvalue weighted by Crippen LogP contribution is 2.53. The molecule has 0 aromatic rings. The lowest BCUT2D eigenvalue weighted by Gasteiger charge is -2.46. The van der Waals surface area contributed by atoms with E-state index in [1.54, 1.807) is 14.2 Å². The number of esters is 1. The first-order chi connectivity index (χ1) is 11.7. The van der Waals surface area contributed by atoms with Crippen LogP contribution in [0.25, 0.3) is 0 Å². The van der Waals surface area contributed by atoms with Gasteiger partial charge >= 0.3 is 5.97 Å². The highest BCUT2D eigenvalue weighted by Gasteiger charge is 2.62. The molecule has 0 spiro atoms. The summed E-state index contributed by atoms with van der Waals surface area (Å²) in [7, 11) is 3.36. The highest BCUT2D eigenvalue weighted by molar-refractivity contribution is 5.70. The molecule has 1 saturated heterocycles. The largest absolute Gasteiger partial charge is 0.435 e. The molecule has 1 saturated carbocycles. The van der Waals surface area contributed by atoms with Gasteiger partial charge in [-0.05, 0) is 18.8 Å². The van der Waals surface area contributed by atoms with Crippen LogP contribution >= 0.6 is 0 Å². The summed E-state index contributed by atoms with van der Waals surface area (Å²) >= 11 is 0. The molecule has 0 amide bonds. The zero-order valence-corrected chi connectivity index (χ0v) is 16.7. The molecule has 0 aromatic heterocycles. The van der Waals surface area contributed by atoms with Gasteiger partial charge in [0.05, 0.1) is 37.3 Å². The van der Waals surface area contributed by atoms with E-state index in [2.05, 4.69) is 6.92 Å². The van der Waals surface area contributed by atoms with Gasteiger partial charge in [0, 0.05) is 26.2 Å². The van der Waals surface area contributed by atoms with Gasteiger partial charge in [0.15, 0.2) is 0 Å². The van der Waals surface area contributed by atoms with E-state index in [0.29, 0.717) is 19.6 Å². The van der Waals surface area contributed by atoms with Gasteiger partial charge in [0.2, 0.25) is 6.29 Å². The molecular formula is C19H34O6. The van der Waals surface area contributed by atoms with Crippen molar-refractivity contribution in [1.29, 1.82) is 0 Å². The summed E-state index contributed by atoms with van der Waals surface area (Å²) in [6.07, 6.45) is 0.142. The topological polar surface area (TPSA) is 63.2 Å². The Morgan fingerprint density at radius 3 is 2.44 bits per heavy atom. The lowest BCUT2D eigenvalue weighted by molar-refractivity contribution is -0.267. The first-order valence-electron chi connectivity index (χ1n) is 9.14. The molecule has 6 unspecified atom stereocenters. The Morgan fingerprint density at radius 1 is 1.24 bits per heavy atom. The minimum atomic E-state index is -0.637. The molecule has 0 N–H and O–H groups in total. The molecule has 2 aliphatic rings. The van der Waals surface area contributed by atoms with Crippen LogP contribution in [0.15, 0.2) is 0 Å². The average molecular weight is 358 g/mol. The molecule has 146 valence electrons. The second kappa shape index (κ2) is 7.91. The molecular weight excluding hydrogens is 324 g/mol. The number of rotatable bonds is 6. The van der Waals surface area contributed by atoms with Crippen molar-refractivity contribution in [1.82, 2.24) is 0 Å². The fourth-order valence-electron chi connectivity index (χ4n) is 4.25. The summed E-state index contributed by atoms with van der Waals surface area (Å²) in [5, 5.41) is 0. The molecule has 0 aromatic carbocycles. The molecule has 0 radical (unpaired) electrons. The zero-order chi connectivity index (χ0) is 18.8. The van der Waals surface area contributed by atoms with Crippen molar-refractivity contribution >= 4 is 5.97 Å². The summed E-state index contributed by atoms with van der Waals surface area (Å²) in [6, 6.07) is 0. The lowest BCUT2D eigenvalue weighted by atomic mass is 9.72. The maximum Gasteiger partial charge on any atom is 0.308 e. The van der Waals surface area contributed by atoms with Crippen LogP contribution in [0.5, 0.6) is 0 Å². The fourth-order valence-corrected chi connectivity index (χ4v) is 4.25. The molecule has 6 heteroatoms. The molecule has 25 heavy (non-hydrogen) atoms. The maximum atomic E-state index is 12.4. The van der Waals surface area contributed by atoms with Crippen LogP contribution in [0, 0.1) is 16.7 Å². The van der Waals surface area contributed by atoms with Gasteiger partial charge in [-0.1, -0.05) is 27.7 Å². The minimum Gasteiger partial charge on any atom is -0.435 e. The Hall–Kier alpha value is -0.690. The van der Waals surface area contributed by atoms with Gasteiger partial charge in [0.25, 0.3) is 0 Å². The monoisotopic (exact) mass is 358 g/mol. The van der Waals surface area contributed by atoms with E-state index in [4.69, 9.17) is 23.7 Å². The fraction of sp³-hybridized carbons (Fsp3) is 0.947. The zero-order valence-electron chi connectivity index (χ0n) is 16.7. The molecule has 1 heterocycles. The molecule has 6 atom stereocenters. The van der Waals surface area contributed by atoms with Crippen LogP contribution in [0.2, 0.25) is 0 Å². The Bertz CT molecular complexity index is 459. The van der Waals surface area contributed by atoms with Crippen molar-refractivity contribution in [2.24, 2.45) is 16.7 Å². The Balaban J connectivity index is 2.23. The molecule has 1 aliphatic heterocycles. The molecule has 2 fully saturated rings. The SMILES string of the molecule is CCOC1COC(OC(=O)CC(C)(C)C)C2C(OC)C(OC)CC12C. The van der Waals surface area contributed by atoms with E-state index in [1.165, 1.54) is 0 Å². The van der Waals surface area contributed by atoms with E-state index in [1.807, 2.05) is 27.7 Å². The number of carbonyl (C=O) groups is 1. The van der Waals surface area contributed by atoms with Crippen LogP contribution in [-0.2, 0) is 28.5 Å². The molecule has 6 nitrogen and oxygen atoms in total. The number of fused-ring (bicyclic) bond motifs is 1. The van der Waals surface area contributed by atoms with Gasteiger partial charge in [-0.25, -0.2) is 0 Å². The van der Waals surface area contributed by atoms with Gasteiger partial charge in [-0.15, -0.1) is 0 Å². The van der Waals surface area contributed by atoms with E-state index < -0.39 is 6.29 Å². The van der Waals surface area contributed by atoms with Crippen LogP contribution in [-0.4, -0.2) is 58.0 Å². The number of carbonyl (C=O) groups excluding carboxylic acids is 1. The highest BCUT2D eigenvalue weighted by atomic mass is 16.7. The van der Waals surface area contributed by atoms with Crippen molar-refractivity contribution in [3.05, 3.63) is 0 Å². The van der Waals surface area contributed by atoms with Crippen LogP contribution in [0.4, 0.5) is 0 Å². The van der Waals surface area contributed by atoms with Gasteiger partial charge in [-0.3, -0.25) is 4.79 Å². The van der Waals surface area contributed by atoms with E-state index in [0.717, 1.165) is 6.42 Å². The third kappa shape index (κ3) is 4.35. The Morgan fingerprint density at radius 2 is 1.92 bits per heavy atom. The second-order valence-corrected chi connectivity index (χ2v) is 8.58. The predicted octanol–water partition coefficient (Wildman–Crippen LogP) is 2.78. The molecule has 0 bridgehead atoms. The van der Waals surface area contributed by atoms with Crippen molar-refractivity contribution in [3.8, 4) is 0 Å². The number of hydrogen-bond donors (Lipinski definition) is 0. The van der Waals surface area contributed by atoms with Crippen LogP contribution < -0.4 is 0 Å². The number of ether oxygens (including phenoxy) is 5. The van der Waals surface area contributed by atoms with Crippen molar-refractivity contribution in [2.45, 2.75) is 72.1 Å². The lowest BCUT2D eigenvalue weighted by Crippen LogP contribution is -2.55. The number of hydrogen-bond acceptors (Lipinski definition) is 6. The van der Waals surface area contributed by atoms with E-state index in [9.17, 15) is 4.79 Å². The quantitative estimate of drug-likeness (QED) is 0.681. The van der Waals surface area contributed by atoms with Crippen molar-refractivity contribution < 1.29 is 28.5 Å². The summed E-state index contributed by atoms with van der Waals surface area (Å²) in [6.45, 7) is 11.2. The molecule has 2 rings (SSSR count).